The van der Waals surface area contributed by atoms with Crippen LogP contribution in [0, 0.1) is 5.41 Å². The molecule has 37 heavy (non-hydrogen) atoms. The maximum absolute atomic E-state index is 14.0. The zero-order chi connectivity index (χ0) is 25.8. The fourth-order valence-electron chi connectivity index (χ4n) is 5.27. The minimum Gasteiger partial charge on any atom is -0.378 e. The van der Waals surface area contributed by atoms with Crippen LogP contribution in [0.4, 0.5) is 5.82 Å². The van der Waals surface area contributed by atoms with Crippen molar-refractivity contribution in [3.63, 3.8) is 0 Å². The Bertz CT molecular complexity index is 1230. The van der Waals surface area contributed by atoms with Gasteiger partial charge in [-0.1, -0.05) is 38.1 Å². The largest absolute Gasteiger partial charge is 0.378 e. The number of hydrogen-bond donors (Lipinski definition) is 0. The van der Waals surface area contributed by atoms with E-state index < -0.39 is 5.41 Å². The summed E-state index contributed by atoms with van der Waals surface area (Å²) in [6.45, 7) is 8.87. The molecular weight excluding hydrogens is 498 g/mol. The third-order valence-corrected chi connectivity index (χ3v) is 8.87. The topological polar surface area (TPSA) is 45.7 Å². The quantitative estimate of drug-likeness (QED) is 0.275. The number of nitrogens with zero attached hydrogens (tertiary/aromatic N) is 3. The van der Waals surface area contributed by atoms with Gasteiger partial charge in [-0.3, -0.25) is 9.69 Å². The second-order valence-corrected chi connectivity index (χ2v) is 12.2. The van der Waals surface area contributed by atoms with E-state index in [4.69, 9.17) is 9.72 Å². The number of carbonyl (C=O) groups is 1. The molecule has 0 N–H and O–H groups in total. The van der Waals surface area contributed by atoms with Gasteiger partial charge in [0.25, 0.3) is 0 Å². The zero-order valence-electron chi connectivity index (χ0n) is 21.9. The first-order chi connectivity index (χ1) is 17.9. The highest BCUT2D eigenvalue weighted by molar-refractivity contribution is 7.98. The van der Waals surface area contributed by atoms with Gasteiger partial charge in [-0.2, -0.15) is 0 Å². The van der Waals surface area contributed by atoms with Gasteiger partial charge in [0, 0.05) is 46.9 Å². The molecule has 5 rings (SSSR count). The van der Waals surface area contributed by atoms with Crippen LogP contribution in [0.2, 0.25) is 0 Å². The Labute approximate surface area is 228 Å². The van der Waals surface area contributed by atoms with E-state index in [1.807, 2.05) is 24.3 Å². The lowest BCUT2D eigenvalue weighted by molar-refractivity contribution is -0.128. The first-order valence-corrected chi connectivity index (χ1v) is 15.0. The van der Waals surface area contributed by atoms with Crippen LogP contribution in [0.1, 0.15) is 36.0 Å². The Morgan fingerprint density at radius 1 is 1.11 bits per heavy atom. The van der Waals surface area contributed by atoms with Gasteiger partial charge in [-0.25, -0.2) is 4.98 Å². The van der Waals surface area contributed by atoms with E-state index >= 15 is 0 Å². The number of pyridine rings is 1. The Morgan fingerprint density at radius 2 is 1.89 bits per heavy atom. The predicted octanol–water partition coefficient (Wildman–Crippen LogP) is 5.98. The summed E-state index contributed by atoms with van der Waals surface area (Å²) in [5.41, 5.74) is 2.34. The average molecular weight is 534 g/mol. The van der Waals surface area contributed by atoms with Crippen LogP contribution in [0.3, 0.4) is 0 Å². The summed E-state index contributed by atoms with van der Waals surface area (Å²) in [5, 5.41) is 2.13. The van der Waals surface area contributed by atoms with Crippen molar-refractivity contribution < 1.29 is 9.53 Å². The average Bonchev–Trinajstić information content (AvgIpc) is 3.45. The standard InChI is InChI=1S/C30H35N3O2S2/c1-30(2)21-33(14-13-25-7-5-19-37-25)28(22-9-11-24(36-3)12-10-22)26(29(30)34)20-23-6-4-8-27(31-23)32-15-17-35-18-16-32/h4-12,19-20,28H,13-18,21H2,1-3H3/b26-20-. The summed E-state index contributed by atoms with van der Waals surface area (Å²) >= 11 is 3.53. The highest BCUT2D eigenvalue weighted by Gasteiger charge is 2.43. The first-order valence-electron chi connectivity index (χ1n) is 12.9. The number of thiophene rings is 1. The molecule has 2 aliphatic rings. The number of carbonyl (C=O) groups excluding carboxylic acids is 1. The van der Waals surface area contributed by atoms with Gasteiger partial charge in [0.1, 0.15) is 5.82 Å². The summed E-state index contributed by atoms with van der Waals surface area (Å²) in [6, 6.07) is 19.0. The number of aromatic nitrogens is 1. The van der Waals surface area contributed by atoms with Crippen molar-refractivity contribution in [1.82, 2.24) is 9.88 Å². The maximum atomic E-state index is 14.0. The maximum Gasteiger partial charge on any atom is 0.167 e. The molecule has 194 valence electrons. The minimum absolute atomic E-state index is 0.106. The third kappa shape index (κ3) is 6.01. The van der Waals surface area contributed by atoms with Gasteiger partial charge >= 0.3 is 0 Å². The van der Waals surface area contributed by atoms with Crippen LogP contribution in [0.15, 0.2) is 70.4 Å². The molecule has 2 aliphatic heterocycles. The van der Waals surface area contributed by atoms with Crippen LogP contribution in [0.25, 0.3) is 6.08 Å². The number of thioether (sulfide) groups is 1. The number of rotatable bonds is 7. The highest BCUT2D eigenvalue weighted by Crippen LogP contribution is 2.42. The van der Waals surface area contributed by atoms with Crippen molar-refractivity contribution >= 4 is 40.8 Å². The number of piperidine rings is 1. The van der Waals surface area contributed by atoms with Crippen molar-refractivity contribution in [2.24, 2.45) is 5.41 Å². The summed E-state index contributed by atoms with van der Waals surface area (Å²) in [4.78, 5) is 26.3. The first kappa shape index (κ1) is 26.2. The van der Waals surface area contributed by atoms with Gasteiger partial charge in [-0.05, 0) is 60.0 Å². The molecule has 0 amide bonds. The lowest BCUT2D eigenvalue weighted by Crippen LogP contribution is -2.49. The molecule has 0 saturated carbocycles. The van der Waals surface area contributed by atoms with E-state index in [0.717, 1.165) is 55.2 Å². The van der Waals surface area contributed by atoms with E-state index in [2.05, 4.69) is 71.7 Å². The van der Waals surface area contributed by atoms with Crippen LogP contribution < -0.4 is 4.90 Å². The number of ketones is 1. The van der Waals surface area contributed by atoms with Gasteiger partial charge in [-0.15, -0.1) is 23.1 Å². The summed E-state index contributed by atoms with van der Waals surface area (Å²) < 4.78 is 5.52. The molecule has 3 aromatic rings. The predicted molar refractivity (Wildman–Crippen MR) is 155 cm³/mol. The number of hydrogen-bond acceptors (Lipinski definition) is 7. The number of ether oxygens (including phenoxy) is 1. The molecule has 2 fully saturated rings. The normalized spacial score (nSPS) is 21.5. The van der Waals surface area contributed by atoms with Crippen molar-refractivity contribution in [2.45, 2.75) is 31.2 Å². The highest BCUT2D eigenvalue weighted by atomic mass is 32.2. The van der Waals surface area contributed by atoms with E-state index in [-0.39, 0.29) is 11.8 Å². The molecule has 1 unspecified atom stereocenters. The molecule has 1 atom stereocenters. The van der Waals surface area contributed by atoms with Crippen molar-refractivity contribution in [1.29, 1.82) is 0 Å². The van der Waals surface area contributed by atoms with Gasteiger partial charge in [0.2, 0.25) is 0 Å². The molecule has 7 heteroatoms. The number of morpholine rings is 1. The lowest BCUT2D eigenvalue weighted by atomic mass is 9.74. The zero-order valence-corrected chi connectivity index (χ0v) is 23.5. The smallest absolute Gasteiger partial charge is 0.167 e. The molecule has 5 nitrogen and oxygen atoms in total. The molecule has 1 aromatic carbocycles. The minimum atomic E-state index is -0.473. The Morgan fingerprint density at radius 3 is 2.59 bits per heavy atom. The van der Waals surface area contributed by atoms with Crippen LogP contribution in [0.5, 0.6) is 0 Å². The summed E-state index contributed by atoms with van der Waals surface area (Å²) in [7, 11) is 0. The molecular formula is C30H35N3O2S2. The van der Waals surface area contributed by atoms with Crippen molar-refractivity contribution in [3.05, 3.63) is 81.7 Å². The van der Waals surface area contributed by atoms with Gasteiger partial charge in [0.15, 0.2) is 5.78 Å². The fraction of sp³-hybridized carbons (Fsp3) is 0.400. The van der Waals surface area contributed by atoms with E-state index in [0.29, 0.717) is 13.2 Å². The van der Waals surface area contributed by atoms with E-state index in [1.54, 1.807) is 23.1 Å². The SMILES string of the molecule is CSc1ccc(C2/C(=C/c3cccc(N4CCOCC4)n3)C(=O)C(C)(C)CN2CCc2cccs2)cc1. The number of benzene rings is 1. The summed E-state index contributed by atoms with van der Waals surface area (Å²) in [6.07, 6.45) is 5.10. The van der Waals surface area contributed by atoms with Gasteiger partial charge in [0.05, 0.1) is 24.9 Å². The second kappa shape index (κ2) is 11.5. The second-order valence-electron chi connectivity index (χ2n) is 10.3. The molecule has 4 heterocycles. The van der Waals surface area contributed by atoms with Crippen LogP contribution in [-0.4, -0.2) is 61.3 Å². The third-order valence-electron chi connectivity index (χ3n) is 7.19. The molecule has 0 radical (unpaired) electrons. The number of anilines is 1. The molecule has 2 aromatic heterocycles. The lowest BCUT2D eigenvalue weighted by Gasteiger charge is -2.44. The van der Waals surface area contributed by atoms with Crippen LogP contribution in [-0.2, 0) is 16.0 Å². The van der Waals surface area contributed by atoms with Crippen LogP contribution >= 0.6 is 23.1 Å². The Balaban J connectivity index is 1.54. The van der Waals surface area contributed by atoms with Gasteiger partial charge < -0.3 is 9.64 Å². The summed E-state index contributed by atoms with van der Waals surface area (Å²) in [5.74, 6) is 1.15. The number of Topliss-reactive ketones (excluding diaryl/α,β-unsaturated/α-hetero) is 1. The fourth-order valence-corrected chi connectivity index (χ4v) is 6.37. The van der Waals surface area contributed by atoms with E-state index in [9.17, 15) is 4.79 Å². The molecule has 2 saturated heterocycles. The molecule has 0 aliphatic carbocycles. The molecule has 0 spiro atoms. The molecule has 0 bridgehead atoms. The van der Waals surface area contributed by atoms with Crippen molar-refractivity contribution in [2.75, 3.05) is 50.5 Å². The number of likely N-dealkylation sites (tertiary alicyclic amines) is 1. The monoisotopic (exact) mass is 533 g/mol. The van der Waals surface area contributed by atoms with E-state index in [1.165, 1.54) is 9.77 Å². The Hall–Kier alpha value is -2.45. The Kier molecular flexibility index (Phi) is 8.15. The van der Waals surface area contributed by atoms with Crippen molar-refractivity contribution in [3.8, 4) is 0 Å².